The molecule has 3 fully saturated rings. The molecule has 4 aliphatic heterocycles. The summed E-state index contributed by atoms with van der Waals surface area (Å²) in [5.74, 6) is -2.64. The number of Topliss-reactive ketones (excluding diaryl/α,β-unsaturated/α-hetero) is 1. The Kier molecular flexibility index (Phi) is 8.85. The van der Waals surface area contributed by atoms with E-state index in [0.717, 1.165) is 6.07 Å². The first-order chi connectivity index (χ1) is 22.4. The van der Waals surface area contributed by atoms with E-state index in [1.54, 1.807) is 18.2 Å². The van der Waals surface area contributed by atoms with Gasteiger partial charge >= 0.3 is 0 Å². The molecular formula is C32H34FN5O8S. The average Bonchev–Trinajstić information content (AvgIpc) is 3.33. The minimum atomic E-state index is -3.72. The third-order valence-electron chi connectivity index (χ3n) is 8.94. The number of ketones is 1. The van der Waals surface area contributed by atoms with E-state index in [-0.39, 0.29) is 81.0 Å². The summed E-state index contributed by atoms with van der Waals surface area (Å²) in [7, 11) is -3.72. The smallest absolute Gasteiger partial charge is 0.255 e. The Hall–Kier alpha value is -4.63. The van der Waals surface area contributed by atoms with Crippen LogP contribution in [-0.2, 0) is 41.5 Å². The Morgan fingerprint density at radius 1 is 1.06 bits per heavy atom. The molecular weight excluding hydrogens is 633 g/mol. The number of carbonyl (C=O) groups excluding carboxylic acids is 5. The van der Waals surface area contributed by atoms with Gasteiger partial charge in [-0.2, -0.15) is 0 Å². The van der Waals surface area contributed by atoms with Crippen LogP contribution in [-0.4, -0.2) is 90.8 Å². The van der Waals surface area contributed by atoms with E-state index in [1.807, 2.05) is 4.90 Å². The first kappa shape index (κ1) is 32.3. The van der Waals surface area contributed by atoms with E-state index < -0.39 is 39.6 Å². The highest BCUT2D eigenvalue weighted by molar-refractivity contribution is 7.88. The second-order valence-corrected chi connectivity index (χ2v) is 14.1. The molecule has 2 aromatic carbocycles. The van der Waals surface area contributed by atoms with Crippen molar-refractivity contribution in [1.82, 2.24) is 19.4 Å². The number of ether oxygens (including phenoxy) is 1. The average molecular weight is 668 g/mol. The van der Waals surface area contributed by atoms with Crippen molar-refractivity contribution in [3.05, 3.63) is 71.2 Å². The minimum Gasteiger partial charge on any atom is -0.487 e. The summed E-state index contributed by atoms with van der Waals surface area (Å²) in [6.45, 7) is 5.16. The number of nitrogens with one attached hydrogen (secondary N) is 2. The van der Waals surface area contributed by atoms with Gasteiger partial charge in [-0.05, 0) is 36.2 Å². The highest BCUT2D eigenvalue weighted by Crippen LogP contribution is 2.34. The van der Waals surface area contributed by atoms with Gasteiger partial charge in [-0.15, -0.1) is 0 Å². The van der Waals surface area contributed by atoms with Crippen molar-refractivity contribution in [2.75, 3.05) is 38.1 Å². The predicted molar refractivity (Wildman–Crippen MR) is 166 cm³/mol. The maximum absolute atomic E-state index is 14.6. The van der Waals surface area contributed by atoms with Gasteiger partial charge in [0.25, 0.3) is 5.91 Å². The fraction of sp³-hybridized carbons (Fsp3) is 0.406. The van der Waals surface area contributed by atoms with Crippen LogP contribution in [0.2, 0.25) is 0 Å². The van der Waals surface area contributed by atoms with Gasteiger partial charge in [-0.25, -0.2) is 17.1 Å². The molecule has 15 heteroatoms. The van der Waals surface area contributed by atoms with Gasteiger partial charge in [0.2, 0.25) is 27.7 Å². The van der Waals surface area contributed by atoms with Crippen LogP contribution >= 0.6 is 0 Å². The molecule has 47 heavy (non-hydrogen) atoms. The van der Waals surface area contributed by atoms with Crippen LogP contribution in [0.5, 0.6) is 5.75 Å². The topological polar surface area (TPSA) is 162 Å². The van der Waals surface area contributed by atoms with Gasteiger partial charge in [-0.1, -0.05) is 18.7 Å². The number of benzene rings is 2. The summed E-state index contributed by atoms with van der Waals surface area (Å²) in [5.41, 5.74) is 1.86. The van der Waals surface area contributed by atoms with E-state index >= 15 is 0 Å². The van der Waals surface area contributed by atoms with E-state index in [9.17, 15) is 36.8 Å². The Balaban J connectivity index is 1.00. The number of halogens is 1. The van der Waals surface area contributed by atoms with Gasteiger partial charge < -0.3 is 19.9 Å². The molecule has 6 rings (SSSR count). The predicted octanol–water partition coefficient (Wildman–Crippen LogP) is 1.54. The molecule has 0 aliphatic carbocycles. The third kappa shape index (κ3) is 6.76. The minimum absolute atomic E-state index is 0.0195. The van der Waals surface area contributed by atoms with Gasteiger partial charge in [0.15, 0.2) is 0 Å². The number of likely N-dealkylation sites (tertiary alicyclic amines) is 1. The number of amides is 4. The summed E-state index contributed by atoms with van der Waals surface area (Å²) >= 11 is 0. The molecule has 13 nitrogen and oxygen atoms in total. The van der Waals surface area contributed by atoms with Crippen molar-refractivity contribution >= 4 is 45.1 Å². The number of sulfonamides is 1. The van der Waals surface area contributed by atoms with Gasteiger partial charge in [-0.3, -0.25) is 29.3 Å². The zero-order chi connectivity index (χ0) is 33.5. The number of hydrogen-bond acceptors (Lipinski definition) is 9. The monoisotopic (exact) mass is 667 g/mol. The van der Waals surface area contributed by atoms with E-state index in [4.69, 9.17) is 4.74 Å². The Bertz CT molecular complexity index is 1780. The summed E-state index contributed by atoms with van der Waals surface area (Å²) in [6, 6.07) is 8.12. The van der Waals surface area contributed by atoms with E-state index in [0.29, 0.717) is 41.2 Å². The normalized spacial score (nSPS) is 20.5. The molecule has 2 N–H and O–H groups in total. The zero-order valence-corrected chi connectivity index (χ0v) is 26.3. The maximum Gasteiger partial charge on any atom is 0.255 e. The second kappa shape index (κ2) is 12.9. The number of piperidine rings is 2. The molecule has 248 valence electrons. The number of anilines is 1. The molecule has 0 spiro atoms. The standard InChI is InChI=1S/C32H34FN5O8S/c1-19(17-46-28-4-2-3-23-24(28)16-38(32(23)43)27-7-8-29(40)35-31(27)42)36-14-21(15-36)30(41)34-26-13-20(5-6-25(26)33)18-47(44,45)37-11-9-22(39)10-12-37/h2-6,13,21,27H,1,7-12,14-18H2,(H,34,41)(H,35,40,42). The highest BCUT2D eigenvalue weighted by atomic mass is 32.2. The van der Waals surface area contributed by atoms with Gasteiger partial charge in [0.1, 0.15) is 30.0 Å². The Morgan fingerprint density at radius 2 is 1.81 bits per heavy atom. The number of carbonyl (C=O) groups is 5. The molecule has 0 bridgehead atoms. The zero-order valence-electron chi connectivity index (χ0n) is 25.5. The van der Waals surface area contributed by atoms with Crippen molar-refractivity contribution < 1.29 is 41.5 Å². The first-order valence-electron chi connectivity index (χ1n) is 15.3. The van der Waals surface area contributed by atoms with Crippen LogP contribution < -0.4 is 15.4 Å². The number of fused-ring (bicyclic) bond motifs is 1. The molecule has 4 heterocycles. The number of hydrogen-bond donors (Lipinski definition) is 2. The third-order valence-corrected chi connectivity index (χ3v) is 10.8. The summed E-state index contributed by atoms with van der Waals surface area (Å²) in [4.78, 5) is 64.7. The van der Waals surface area contributed by atoms with Crippen molar-refractivity contribution in [2.45, 2.75) is 44.0 Å². The van der Waals surface area contributed by atoms with Crippen molar-refractivity contribution in [3.8, 4) is 5.75 Å². The quantitative estimate of drug-likeness (QED) is 0.358. The van der Waals surface area contributed by atoms with Crippen LogP contribution in [0.3, 0.4) is 0 Å². The van der Waals surface area contributed by atoms with Gasteiger partial charge in [0, 0.05) is 62.3 Å². The summed E-state index contributed by atoms with van der Waals surface area (Å²) in [6.07, 6.45) is 0.747. The SMILES string of the molecule is C=C(COc1cccc2c1CN(C1CCC(=O)NC1=O)C2=O)N1CC(C(=O)Nc2cc(CS(=O)(=O)N3CCC(=O)CC3)ccc2F)C1. The van der Waals surface area contributed by atoms with E-state index in [2.05, 4.69) is 17.2 Å². The summed E-state index contributed by atoms with van der Waals surface area (Å²) < 4.78 is 47.5. The molecule has 2 aromatic rings. The first-order valence-corrected chi connectivity index (χ1v) is 16.9. The lowest BCUT2D eigenvalue weighted by Crippen LogP contribution is -2.52. The molecule has 4 amide bonds. The molecule has 0 saturated carbocycles. The lowest BCUT2D eigenvalue weighted by Gasteiger charge is -2.41. The largest absolute Gasteiger partial charge is 0.487 e. The highest BCUT2D eigenvalue weighted by Gasteiger charge is 2.40. The second-order valence-electron chi connectivity index (χ2n) is 12.1. The number of nitrogens with zero attached hydrogens (tertiary/aromatic N) is 3. The number of imide groups is 1. The van der Waals surface area contributed by atoms with Crippen LogP contribution in [0, 0.1) is 11.7 Å². The van der Waals surface area contributed by atoms with Crippen LogP contribution in [0.15, 0.2) is 48.7 Å². The molecule has 3 saturated heterocycles. The lowest BCUT2D eigenvalue weighted by molar-refractivity contribution is -0.137. The van der Waals surface area contributed by atoms with Crippen LogP contribution in [0.25, 0.3) is 0 Å². The van der Waals surface area contributed by atoms with Crippen LogP contribution in [0.4, 0.5) is 10.1 Å². The molecule has 1 unspecified atom stereocenters. The van der Waals surface area contributed by atoms with Crippen molar-refractivity contribution in [2.24, 2.45) is 5.92 Å². The fourth-order valence-corrected chi connectivity index (χ4v) is 7.68. The van der Waals surface area contributed by atoms with Gasteiger partial charge in [0.05, 0.1) is 23.9 Å². The summed E-state index contributed by atoms with van der Waals surface area (Å²) in [5, 5.41) is 4.86. The number of rotatable bonds is 10. The Labute approximate surface area is 270 Å². The molecule has 1 atom stereocenters. The maximum atomic E-state index is 14.6. The van der Waals surface area contributed by atoms with Crippen molar-refractivity contribution in [3.63, 3.8) is 0 Å². The lowest BCUT2D eigenvalue weighted by atomic mass is 9.98. The van der Waals surface area contributed by atoms with Crippen LogP contribution in [0.1, 0.15) is 47.2 Å². The van der Waals surface area contributed by atoms with Crippen molar-refractivity contribution in [1.29, 1.82) is 0 Å². The van der Waals surface area contributed by atoms with E-state index in [1.165, 1.54) is 21.3 Å². The fourth-order valence-electron chi connectivity index (χ4n) is 6.16. The molecule has 0 radical (unpaired) electrons. The molecule has 4 aliphatic rings. The molecule has 0 aromatic heterocycles. The Morgan fingerprint density at radius 3 is 2.53 bits per heavy atom.